The first-order valence-corrected chi connectivity index (χ1v) is 15.0. The number of fused-ring (bicyclic) bond motifs is 1. The van der Waals surface area contributed by atoms with Crippen LogP contribution in [-0.2, 0) is 6.54 Å². The summed E-state index contributed by atoms with van der Waals surface area (Å²) in [5.74, 6) is 0.0223. The SMILES string of the molecule is C[C@@H]1CN([C@H](C)CO)C(=O)c2cccc(NC(=O)Nc3ccccc3)c2O[C@H]1CN(C)Cc1ccc(-c2ccccc2)cc1. The fraction of sp³-hybridized carbons (Fsp3) is 0.278. The first-order valence-electron chi connectivity index (χ1n) is 15.0. The molecule has 3 N–H and O–H groups in total. The van der Waals surface area contributed by atoms with Gasteiger partial charge in [0.05, 0.1) is 23.9 Å². The monoisotopic (exact) mass is 592 g/mol. The Morgan fingerprint density at radius 1 is 0.932 bits per heavy atom. The van der Waals surface area contributed by atoms with E-state index in [1.165, 1.54) is 16.7 Å². The van der Waals surface area contributed by atoms with E-state index in [2.05, 4.69) is 65.9 Å². The summed E-state index contributed by atoms with van der Waals surface area (Å²) in [5, 5.41) is 15.7. The highest BCUT2D eigenvalue weighted by Gasteiger charge is 2.34. The molecule has 1 aliphatic rings. The van der Waals surface area contributed by atoms with E-state index in [9.17, 15) is 14.7 Å². The van der Waals surface area contributed by atoms with Gasteiger partial charge in [0.25, 0.3) is 5.91 Å². The second-order valence-corrected chi connectivity index (χ2v) is 11.5. The van der Waals surface area contributed by atoms with Gasteiger partial charge in [-0.3, -0.25) is 9.69 Å². The molecule has 1 heterocycles. The topological polar surface area (TPSA) is 94.1 Å². The van der Waals surface area contributed by atoms with Crippen molar-refractivity contribution in [3.8, 4) is 16.9 Å². The van der Waals surface area contributed by atoms with Crippen LogP contribution < -0.4 is 15.4 Å². The molecular formula is C36H40N4O4. The Morgan fingerprint density at radius 2 is 1.59 bits per heavy atom. The van der Waals surface area contributed by atoms with Crippen LogP contribution >= 0.6 is 0 Å². The highest BCUT2D eigenvalue weighted by molar-refractivity contribution is 6.04. The maximum Gasteiger partial charge on any atom is 0.323 e. The molecule has 5 rings (SSSR count). The van der Waals surface area contributed by atoms with Gasteiger partial charge in [-0.05, 0) is 54.9 Å². The van der Waals surface area contributed by atoms with Crippen LogP contribution in [-0.4, -0.2) is 65.7 Å². The van der Waals surface area contributed by atoms with Crippen LogP contribution in [0.1, 0.15) is 29.8 Å². The molecule has 0 spiro atoms. The number of likely N-dealkylation sites (N-methyl/N-ethyl adjacent to an activating group) is 1. The molecule has 4 aromatic rings. The second-order valence-electron chi connectivity index (χ2n) is 11.5. The number of rotatable bonds is 9. The number of amides is 3. The fourth-order valence-electron chi connectivity index (χ4n) is 5.48. The lowest BCUT2D eigenvalue weighted by atomic mass is 9.98. The predicted octanol–water partition coefficient (Wildman–Crippen LogP) is 6.35. The van der Waals surface area contributed by atoms with Crippen LogP contribution in [0.25, 0.3) is 11.1 Å². The summed E-state index contributed by atoms with van der Waals surface area (Å²) >= 11 is 0. The van der Waals surface area contributed by atoms with Gasteiger partial charge in [0.15, 0.2) is 5.75 Å². The third kappa shape index (κ3) is 7.45. The quantitative estimate of drug-likeness (QED) is 0.211. The van der Waals surface area contributed by atoms with Crippen LogP contribution in [0.4, 0.5) is 16.2 Å². The molecule has 3 atom stereocenters. The van der Waals surface area contributed by atoms with Gasteiger partial charge >= 0.3 is 6.03 Å². The zero-order valence-electron chi connectivity index (χ0n) is 25.4. The normalized spacial score (nSPS) is 17.2. The number of hydrogen-bond acceptors (Lipinski definition) is 5. The summed E-state index contributed by atoms with van der Waals surface area (Å²) in [7, 11) is 2.05. The summed E-state index contributed by atoms with van der Waals surface area (Å²) in [6.07, 6.45) is -0.302. The van der Waals surface area contributed by atoms with Crippen molar-refractivity contribution in [3.63, 3.8) is 0 Å². The van der Waals surface area contributed by atoms with E-state index in [1.807, 2.05) is 43.3 Å². The molecule has 8 nitrogen and oxygen atoms in total. The molecule has 0 aromatic heterocycles. The Labute approximate surface area is 259 Å². The van der Waals surface area contributed by atoms with E-state index >= 15 is 0 Å². The van der Waals surface area contributed by atoms with E-state index < -0.39 is 6.03 Å². The number of anilines is 2. The van der Waals surface area contributed by atoms with Crippen LogP contribution in [0.5, 0.6) is 5.75 Å². The van der Waals surface area contributed by atoms with Crippen molar-refractivity contribution < 1.29 is 19.4 Å². The van der Waals surface area contributed by atoms with Crippen LogP contribution in [0, 0.1) is 5.92 Å². The van der Waals surface area contributed by atoms with E-state index in [-0.39, 0.29) is 30.6 Å². The lowest BCUT2D eigenvalue weighted by Crippen LogP contribution is -2.49. The number of benzene rings is 4. The smallest absolute Gasteiger partial charge is 0.323 e. The molecule has 8 heteroatoms. The number of carbonyl (C=O) groups excluding carboxylic acids is 2. The Bertz CT molecular complexity index is 1550. The van der Waals surface area contributed by atoms with E-state index in [0.29, 0.717) is 42.3 Å². The Morgan fingerprint density at radius 3 is 2.27 bits per heavy atom. The van der Waals surface area contributed by atoms with Crippen molar-refractivity contribution in [3.05, 3.63) is 114 Å². The highest BCUT2D eigenvalue weighted by Crippen LogP contribution is 2.35. The van der Waals surface area contributed by atoms with E-state index in [0.717, 1.165) is 0 Å². The highest BCUT2D eigenvalue weighted by atomic mass is 16.5. The average molecular weight is 593 g/mol. The van der Waals surface area contributed by atoms with Gasteiger partial charge in [-0.1, -0.05) is 85.8 Å². The Balaban J connectivity index is 1.37. The predicted molar refractivity (Wildman–Crippen MR) is 175 cm³/mol. The molecule has 4 aromatic carbocycles. The number of urea groups is 1. The van der Waals surface area contributed by atoms with Crippen LogP contribution in [0.3, 0.4) is 0 Å². The molecule has 0 unspecified atom stereocenters. The molecule has 1 aliphatic heterocycles. The standard InChI is InChI=1S/C36H40N4O4/c1-25-21-40(26(2)24-41)35(42)31-15-10-16-32(38-36(43)37-30-13-8-5-9-14-30)34(31)44-33(25)23-39(3)22-27-17-19-29(20-18-27)28-11-6-4-7-12-28/h4-20,25-26,33,41H,21-24H2,1-3H3,(H2,37,38,43)/t25-,26-,33+/m1/s1. The van der Waals surface area contributed by atoms with Gasteiger partial charge < -0.3 is 25.4 Å². The van der Waals surface area contributed by atoms with Crippen molar-refractivity contribution in [2.24, 2.45) is 5.92 Å². The minimum absolute atomic E-state index is 0.0600. The second kappa shape index (κ2) is 14.2. The molecular weight excluding hydrogens is 552 g/mol. The first-order chi connectivity index (χ1) is 21.3. The zero-order valence-corrected chi connectivity index (χ0v) is 25.4. The molecule has 0 aliphatic carbocycles. The number of aliphatic hydroxyl groups excluding tert-OH is 1. The maximum absolute atomic E-state index is 13.8. The third-order valence-corrected chi connectivity index (χ3v) is 7.98. The van der Waals surface area contributed by atoms with Crippen molar-refractivity contribution in [2.75, 3.05) is 37.4 Å². The van der Waals surface area contributed by atoms with Gasteiger partial charge in [-0.25, -0.2) is 4.79 Å². The van der Waals surface area contributed by atoms with Gasteiger partial charge in [-0.15, -0.1) is 0 Å². The number of nitrogens with one attached hydrogen (secondary N) is 2. The number of aliphatic hydroxyl groups is 1. The minimum Gasteiger partial charge on any atom is -0.486 e. The Kier molecular flexibility index (Phi) is 9.94. The minimum atomic E-state index is -0.441. The van der Waals surface area contributed by atoms with Crippen LogP contribution in [0.2, 0.25) is 0 Å². The third-order valence-electron chi connectivity index (χ3n) is 7.98. The largest absolute Gasteiger partial charge is 0.486 e. The summed E-state index contributed by atoms with van der Waals surface area (Å²) in [5.41, 5.74) is 4.92. The van der Waals surface area contributed by atoms with Crippen molar-refractivity contribution in [1.82, 2.24) is 9.80 Å². The summed E-state index contributed by atoms with van der Waals surface area (Å²) < 4.78 is 6.65. The molecule has 0 radical (unpaired) electrons. The fourth-order valence-corrected chi connectivity index (χ4v) is 5.48. The molecule has 0 fully saturated rings. The lowest BCUT2D eigenvalue weighted by Gasteiger charge is -2.38. The number of carbonyl (C=O) groups is 2. The Hall–Kier alpha value is -4.66. The average Bonchev–Trinajstić information content (AvgIpc) is 3.04. The molecule has 228 valence electrons. The molecule has 44 heavy (non-hydrogen) atoms. The molecule has 3 amide bonds. The van der Waals surface area contributed by atoms with Gasteiger partial charge in [0.2, 0.25) is 0 Å². The maximum atomic E-state index is 13.8. The lowest BCUT2D eigenvalue weighted by molar-refractivity contribution is 0.0343. The zero-order chi connectivity index (χ0) is 31.1. The molecule has 0 bridgehead atoms. The van der Waals surface area contributed by atoms with Gasteiger partial charge in [-0.2, -0.15) is 0 Å². The number of nitrogens with zero attached hydrogens (tertiary/aromatic N) is 2. The summed E-state index contributed by atoms with van der Waals surface area (Å²) in [4.78, 5) is 30.6. The molecule has 0 saturated carbocycles. The summed E-state index contributed by atoms with van der Waals surface area (Å²) in [6.45, 7) is 5.46. The molecule has 0 saturated heterocycles. The van der Waals surface area contributed by atoms with E-state index in [1.54, 1.807) is 35.2 Å². The van der Waals surface area contributed by atoms with Crippen LogP contribution in [0.15, 0.2) is 103 Å². The number of para-hydroxylation sites is 2. The number of hydrogen-bond donors (Lipinski definition) is 3. The first kappa shape index (κ1) is 30.8. The van der Waals surface area contributed by atoms with Crippen molar-refractivity contribution in [1.29, 1.82) is 0 Å². The van der Waals surface area contributed by atoms with Crippen molar-refractivity contribution >= 4 is 23.3 Å². The van der Waals surface area contributed by atoms with E-state index in [4.69, 9.17) is 4.74 Å². The van der Waals surface area contributed by atoms with Crippen molar-refractivity contribution in [2.45, 2.75) is 32.5 Å². The van der Waals surface area contributed by atoms with Gasteiger partial charge in [0.1, 0.15) is 6.10 Å². The number of ether oxygens (including phenoxy) is 1. The summed E-state index contributed by atoms with van der Waals surface area (Å²) in [6, 6.07) is 32.4. The van der Waals surface area contributed by atoms with Gasteiger partial charge in [0, 0.05) is 31.2 Å².